The van der Waals surface area contributed by atoms with Gasteiger partial charge >= 0.3 is 5.69 Å². The fraction of sp³-hybridized carbons (Fsp3) is 0.182. The molecule has 0 spiro atoms. The lowest BCUT2D eigenvalue weighted by Gasteiger charge is -2.07. The van der Waals surface area contributed by atoms with Crippen LogP contribution < -0.4 is 0 Å². The second-order valence-electron chi connectivity index (χ2n) is 3.76. The van der Waals surface area contributed by atoms with Crippen LogP contribution >= 0.6 is 0 Å². The first-order valence-corrected chi connectivity index (χ1v) is 5.10. The summed E-state index contributed by atoms with van der Waals surface area (Å²) in [7, 11) is 0. The summed E-state index contributed by atoms with van der Waals surface area (Å²) in [5.74, 6) is 0. The fourth-order valence-corrected chi connectivity index (χ4v) is 1.67. The smallest absolute Gasteiger partial charge is 0.258 e. The Kier molecular flexibility index (Phi) is 2.77. The Bertz CT molecular complexity index is 669. The van der Waals surface area contributed by atoms with E-state index in [2.05, 4.69) is 10.1 Å². The highest BCUT2D eigenvalue weighted by Crippen LogP contribution is 2.19. The summed E-state index contributed by atoms with van der Waals surface area (Å²) >= 11 is 0. The summed E-state index contributed by atoms with van der Waals surface area (Å²) in [5, 5.41) is 23.6. The van der Waals surface area contributed by atoms with E-state index in [-0.39, 0.29) is 5.69 Å². The number of aryl methyl sites for hydroxylation is 2. The minimum atomic E-state index is -0.531. The van der Waals surface area contributed by atoms with Crippen molar-refractivity contribution in [3.05, 3.63) is 45.5 Å². The molecule has 0 amide bonds. The molecule has 18 heavy (non-hydrogen) atoms. The first kappa shape index (κ1) is 11.7. The molecule has 7 heteroatoms. The first-order chi connectivity index (χ1) is 8.52. The predicted octanol–water partition coefficient (Wildman–Crippen LogP) is 1.66. The number of hydrogen-bond donors (Lipinski definition) is 0. The summed E-state index contributed by atoms with van der Waals surface area (Å²) in [6, 6.07) is 3.70. The molecule has 0 aliphatic carbocycles. The summed E-state index contributed by atoms with van der Waals surface area (Å²) in [6.07, 6.45) is 2.42. The Labute approximate surface area is 102 Å². The lowest BCUT2D eigenvalue weighted by molar-refractivity contribution is -0.384. The first-order valence-electron chi connectivity index (χ1n) is 5.10. The van der Waals surface area contributed by atoms with Crippen molar-refractivity contribution in [2.24, 2.45) is 0 Å². The third kappa shape index (κ3) is 1.91. The molecule has 0 aliphatic heterocycles. The van der Waals surface area contributed by atoms with Crippen molar-refractivity contribution in [3.63, 3.8) is 0 Å². The SMILES string of the molecule is Cc1cc(-n2cc([N+](=O)[O-])cn2)c(C#N)c(C)n1. The van der Waals surface area contributed by atoms with Crippen LogP contribution in [0.25, 0.3) is 5.69 Å². The van der Waals surface area contributed by atoms with E-state index < -0.39 is 4.92 Å². The molecule has 90 valence electrons. The van der Waals surface area contributed by atoms with E-state index in [4.69, 9.17) is 5.26 Å². The van der Waals surface area contributed by atoms with Crippen LogP contribution in [0.5, 0.6) is 0 Å². The number of hydrogen-bond acceptors (Lipinski definition) is 5. The molecule has 0 aromatic carbocycles. The van der Waals surface area contributed by atoms with E-state index in [1.54, 1.807) is 19.9 Å². The average Bonchev–Trinajstić information content (AvgIpc) is 2.77. The van der Waals surface area contributed by atoms with Crippen molar-refractivity contribution in [1.82, 2.24) is 14.8 Å². The lowest BCUT2D eigenvalue weighted by Crippen LogP contribution is -2.03. The fourth-order valence-electron chi connectivity index (χ4n) is 1.67. The molecular weight excluding hydrogens is 234 g/mol. The Morgan fingerprint density at radius 2 is 2.22 bits per heavy atom. The molecule has 7 nitrogen and oxygen atoms in total. The Morgan fingerprint density at radius 1 is 1.50 bits per heavy atom. The van der Waals surface area contributed by atoms with Gasteiger partial charge in [0.05, 0.1) is 21.9 Å². The van der Waals surface area contributed by atoms with Crippen LogP contribution in [0.4, 0.5) is 5.69 Å². The number of pyridine rings is 1. The second-order valence-corrected chi connectivity index (χ2v) is 3.76. The predicted molar refractivity (Wildman–Crippen MR) is 62.2 cm³/mol. The van der Waals surface area contributed by atoms with Crippen LogP contribution in [0.15, 0.2) is 18.5 Å². The molecule has 2 aromatic rings. The molecule has 2 aromatic heterocycles. The minimum absolute atomic E-state index is 0.119. The molecule has 0 unspecified atom stereocenters. The molecule has 2 rings (SSSR count). The van der Waals surface area contributed by atoms with Gasteiger partial charge in [0.1, 0.15) is 18.5 Å². The highest BCUT2D eigenvalue weighted by atomic mass is 16.6. The monoisotopic (exact) mass is 243 g/mol. The second kappa shape index (κ2) is 4.25. The van der Waals surface area contributed by atoms with E-state index in [1.165, 1.54) is 10.9 Å². The average molecular weight is 243 g/mol. The van der Waals surface area contributed by atoms with Crippen molar-refractivity contribution in [2.45, 2.75) is 13.8 Å². The van der Waals surface area contributed by atoms with Crippen LogP contribution in [-0.4, -0.2) is 19.7 Å². The zero-order valence-corrected chi connectivity index (χ0v) is 9.78. The third-order valence-electron chi connectivity index (χ3n) is 2.45. The highest BCUT2D eigenvalue weighted by Gasteiger charge is 2.14. The molecular formula is C11H9N5O2. The van der Waals surface area contributed by atoms with Gasteiger partial charge in [-0.05, 0) is 19.9 Å². The van der Waals surface area contributed by atoms with Crippen molar-refractivity contribution in [3.8, 4) is 11.8 Å². The lowest BCUT2D eigenvalue weighted by atomic mass is 10.1. The van der Waals surface area contributed by atoms with Gasteiger partial charge in [0, 0.05) is 5.69 Å². The molecule has 0 N–H and O–H groups in total. The Morgan fingerprint density at radius 3 is 2.78 bits per heavy atom. The Balaban J connectivity index is 2.63. The zero-order valence-electron chi connectivity index (χ0n) is 9.78. The molecule has 0 aliphatic rings. The van der Waals surface area contributed by atoms with Gasteiger partial charge in [-0.1, -0.05) is 0 Å². The van der Waals surface area contributed by atoms with Crippen LogP contribution in [0.1, 0.15) is 17.0 Å². The zero-order chi connectivity index (χ0) is 13.3. The van der Waals surface area contributed by atoms with Crippen LogP contribution in [0.3, 0.4) is 0 Å². The van der Waals surface area contributed by atoms with E-state index in [0.29, 0.717) is 16.9 Å². The maximum atomic E-state index is 10.6. The van der Waals surface area contributed by atoms with Gasteiger partial charge in [-0.25, -0.2) is 4.68 Å². The largest absolute Gasteiger partial charge is 0.307 e. The van der Waals surface area contributed by atoms with E-state index in [1.807, 2.05) is 6.07 Å². The van der Waals surface area contributed by atoms with E-state index in [0.717, 1.165) is 11.9 Å². The molecule has 0 fully saturated rings. The maximum absolute atomic E-state index is 10.6. The molecule has 2 heterocycles. The standard InChI is InChI=1S/C11H9N5O2/c1-7-3-11(10(4-12)8(2)14-7)15-6-9(5-13-15)16(17)18/h3,5-6H,1-2H3. The van der Waals surface area contributed by atoms with Crippen molar-refractivity contribution < 1.29 is 4.92 Å². The van der Waals surface area contributed by atoms with Gasteiger partial charge in [-0.3, -0.25) is 15.1 Å². The van der Waals surface area contributed by atoms with Gasteiger partial charge in [-0.15, -0.1) is 0 Å². The summed E-state index contributed by atoms with van der Waals surface area (Å²) in [5.41, 5.74) is 2.03. The number of nitro groups is 1. The quantitative estimate of drug-likeness (QED) is 0.590. The molecule has 0 saturated carbocycles. The molecule has 0 atom stereocenters. The van der Waals surface area contributed by atoms with Crippen LogP contribution in [0, 0.1) is 35.3 Å². The molecule has 0 saturated heterocycles. The van der Waals surface area contributed by atoms with Crippen molar-refractivity contribution >= 4 is 5.69 Å². The number of rotatable bonds is 2. The van der Waals surface area contributed by atoms with Gasteiger partial charge in [0.2, 0.25) is 0 Å². The number of nitrogens with zero attached hydrogens (tertiary/aromatic N) is 5. The van der Waals surface area contributed by atoms with Gasteiger partial charge in [-0.2, -0.15) is 10.4 Å². The third-order valence-corrected chi connectivity index (χ3v) is 2.45. The van der Waals surface area contributed by atoms with Crippen molar-refractivity contribution in [1.29, 1.82) is 5.26 Å². The normalized spacial score (nSPS) is 10.1. The minimum Gasteiger partial charge on any atom is -0.258 e. The Hall–Kier alpha value is -2.75. The highest BCUT2D eigenvalue weighted by molar-refractivity contribution is 5.52. The molecule has 0 radical (unpaired) electrons. The van der Waals surface area contributed by atoms with Crippen LogP contribution in [-0.2, 0) is 0 Å². The van der Waals surface area contributed by atoms with Gasteiger partial charge in [0.15, 0.2) is 0 Å². The van der Waals surface area contributed by atoms with Crippen LogP contribution in [0.2, 0.25) is 0 Å². The van der Waals surface area contributed by atoms with Gasteiger partial charge < -0.3 is 0 Å². The van der Waals surface area contributed by atoms with Gasteiger partial charge in [0.25, 0.3) is 0 Å². The van der Waals surface area contributed by atoms with E-state index in [9.17, 15) is 10.1 Å². The topological polar surface area (TPSA) is 97.6 Å². The number of nitriles is 1. The summed E-state index contributed by atoms with van der Waals surface area (Å²) in [4.78, 5) is 14.3. The summed E-state index contributed by atoms with van der Waals surface area (Å²) < 4.78 is 1.32. The van der Waals surface area contributed by atoms with Crippen molar-refractivity contribution in [2.75, 3.05) is 0 Å². The maximum Gasteiger partial charge on any atom is 0.307 e. The summed E-state index contributed by atoms with van der Waals surface area (Å²) in [6.45, 7) is 3.50. The number of aromatic nitrogens is 3. The van der Waals surface area contributed by atoms with E-state index >= 15 is 0 Å². The molecule has 0 bridgehead atoms.